The first kappa shape index (κ1) is 10.0. The van der Waals surface area contributed by atoms with Crippen LogP contribution in [0.4, 0.5) is 4.79 Å². The van der Waals surface area contributed by atoms with Crippen molar-refractivity contribution >= 4 is 6.09 Å². The second kappa shape index (κ2) is 5.55. The highest BCUT2D eigenvalue weighted by molar-refractivity contribution is 5.67. The van der Waals surface area contributed by atoms with Crippen LogP contribution < -0.4 is 5.32 Å². The zero-order chi connectivity index (χ0) is 9.52. The van der Waals surface area contributed by atoms with Gasteiger partial charge in [0.1, 0.15) is 6.61 Å². The van der Waals surface area contributed by atoms with Crippen LogP contribution in [0.5, 0.6) is 0 Å². The van der Waals surface area contributed by atoms with Crippen LogP contribution >= 0.6 is 0 Å². The minimum atomic E-state index is -0.518. The number of hydrogen-bond donors (Lipinski definition) is 1. The van der Waals surface area contributed by atoms with Crippen molar-refractivity contribution in [2.24, 2.45) is 0 Å². The smallest absolute Gasteiger partial charge is 0.409 e. The van der Waals surface area contributed by atoms with E-state index in [2.05, 4.69) is 11.9 Å². The van der Waals surface area contributed by atoms with Crippen LogP contribution in [0.1, 0.15) is 0 Å². The predicted octanol–water partition coefficient (Wildman–Crippen LogP) is 0.271. The maximum absolute atomic E-state index is 11.0. The molecule has 5 heteroatoms. The lowest BCUT2D eigenvalue weighted by molar-refractivity contribution is -0.0985. The molecule has 13 heavy (non-hydrogen) atoms. The van der Waals surface area contributed by atoms with E-state index in [-0.39, 0.29) is 6.61 Å². The fourth-order valence-corrected chi connectivity index (χ4v) is 0.879. The van der Waals surface area contributed by atoms with Crippen LogP contribution in [0.25, 0.3) is 0 Å². The molecule has 1 fully saturated rings. The van der Waals surface area contributed by atoms with Gasteiger partial charge in [-0.2, -0.15) is 0 Å². The van der Waals surface area contributed by atoms with E-state index in [4.69, 9.17) is 14.2 Å². The van der Waals surface area contributed by atoms with Gasteiger partial charge < -0.3 is 14.2 Å². The summed E-state index contributed by atoms with van der Waals surface area (Å²) in [5.74, 6) is 0. The molecule has 0 aromatic rings. The molecule has 1 N–H and O–H groups in total. The van der Waals surface area contributed by atoms with Gasteiger partial charge in [0.15, 0.2) is 6.23 Å². The van der Waals surface area contributed by atoms with Crippen molar-refractivity contribution in [2.45, 2.75) is 6.23 Å². The van der Waals surface area contributed by atoms with Gasteiger partial charge in [-0.25, -0.2) is 4.79 Å². The van der Waals surface area contributed by atoms with Crippen LogP contribution in [-0.4, -0.2) is 38.7 Å². The van der Waals surface area contributed by atoms with Gasteiger partial charge in [0, 0.05) is 0 Å². The summed E-state index contributed by atoms with van der Waals surface area (Å²) in [5, 5.41) is 2.50. The van der Waals surface area contributed by atoms with Gasteiger partial charge >= 0.3 is 6.09 Å². The molecule has 5 nitrogen and oxygen atoms in total. The molecule has 74 valence electrons. The molecule has 1 amide bonds. The molecule has 0 saturated carbocycles. The Labute approximate surface area is 76.7 Å². The molecule has 1 heterocycles. The Kier molecular flexibility index (Phi) is 4.28. The second-order valence-corrected chi connectivity index (χ2v) is 2.47. The zero-order valence-corrected chi connectivity index (χ0v) is 7.32. The van der Waals surface area contributed by atoms with Crippen molar-refractivity contribution in [3.63, 3.8) is 0 Å². The SMILES string of the molecule is C=CCOC(=O)NC1COCCO1. The molecule has 0 aliphatic carbocycles. The van der Waals surface area contributed by atoms with Crippen LogP contribution in [0.15, 0.2) is 12.7 Å². The lowest BCUT2D eigenvalue weighted by Crippen LogP contribution is -2.44. The Morgan fingerprint density at radius 2 is 2.54 bits per heavy atom. The van der Waals surface area contributed by atoms with Crippen LogP contribution in [0.3, 0.4) is 0 Å². The van der Waals surface area contributed by atoms with Gasteiger partial charge in [-0.3, -0.25) is 5.32 Å². The van der Waals surface area contributed by atoms with Gasteiger partial charge in [0.05, 0.1) is 19.8 Å². The average Bonchev–Trinajstić information content (AvgIpc) is 2.16. The van der Waals surface area contributed by atoms with Gasteiger partial charge in [-0.05, 0) is 0 Å². The summed E-state index contributed by atoms with van der Waals surface area (Å²) in [5.41, 5.74) is 0. The number of ether oxygens (including phenoxy) is 3. The van der Waals surface area contributed by atoms with E-state index in [9.17, 15) is 4.79 Å². The minimum Gasteiger partial charge on any atom is -0.445 e. The van der Waals surface area contributed by atoms with E-state index in [1.165, 1.54) is 6.08 Å². The van der Waals surface area contributed by atoms with Crippen molar-refractivity contribution in [3.8, 4) is 0 Å². The van der Waals surface area contributed by atoms with Gasteiger partial charge in [-0.1, -0.05) is 12.7 Å². The Balaban J connectivity index is 2.14. The zero-order valence-electron chi connectivity index (χ0n) is 7.32. The van der Waals surface area contributed by atoms with Crippen molar-refractivity contribution < 1.29 is 19.0 Å². The third-order valence-electron chi connectivity index (χ3n) is 1.43. The first-order valence-corrected chi connectivity index (χ1v) is 4.06. The van der Waals surface area contributed by atoms with Crippen molar-refractivity contribution in [1.29, 1.82) is 0 Å². The van der Waals surface area contributed by atoms with Crippen molar-refractivity contribution in [3.05, 3.63) is 12.7 Å². The summed E-state index contributed by atoms with van der Waals surface area (Å²) in [6.07, 6.45) is 0.583. The normalized spacial score (nSPS) is 22.0. The van der Waals surface area contributed by atoms with Crippen molar-refractivity contribution in [2.75, 3.05) is 26.4 Å². The summed E-state index contributed by atoms with van der Waals surface area (Å²) >= 11 is 0. The maximum atomic E-state index is 11.0. The third kappa shape index (κ3) is 3.91. The summed E-state index contributed by atoms with van der Waals surface area (Å²) in [7, 11) is 0. The molecular weight excluding hydrogens is 174 g/mol. The number of hydrogen-bond acceptors (Lipinski definition) is 4. The fourth-order valence-electron chi connectivity index (χ4n) is 0.879. The molecular formula is C8H13NO4. The molecule has 0 aromatic carbocycles. The molecule has 0 bridgehead atoms. The lowest BCUT2D eigenvalue weighted by Gasteiger charge is -2.23. The van der Waals surface area contributed by atoms with Gasteiger partial charge in [-0.15, -0.1) is 0 Å². The van der Waals surface area contributed by atoms with E-state index in [0.717, 1.165) is 0 Å². The van der Waals surface area contributed by atoms with Crippen LogP contribution in [-0.2, 0) is 14.2 Å². The highest BCUT2D eigenvalue weighted by atomic mass is 16.6. The molecule has 1 unspecified atom stereocenters. The monoisotopic (exact) mass is 187 g/mol. The first-order valence-electron chi connectivity index (χ1n) is 4.06. The van der Waals surface area contributed by atoms with E-state index in [1.54, 1.807) is 0 Å². The average molecular weight is 187 g/mol. The standard InChI is InChI=1S/C8H13NO4/c1-2-3-13-8(10)9-7-6-11-4-5-12-7/h2,7H,1,3-6H2,(H,9,10). The Morgan fingerprint density at radius 3 is 3.15 bits per heavy atom. The van der Waals surface area contributed by atoms with E-state index < -0.39 is 12.3 Å². The number of rotatable bonds is 3. The van der Waals surface area contributed by atoms with E-state index >= 15 is 0 Å². The number of nitrogens with one attached hydrogen (secondary N) is 1. The number of carbonyl (C=O) groups is 1. The molecule has 0 radical (unpaired) electrons. The summed E-state index contributed by atoms with van der Waals surface area (Å²) in [6.45, 7) is 5.04. The Hall–Kier alpha value is -1.07. The number of carbonyl (C=O) groups excluding carboxylic acids is 1. The molecule has 1 aliphatic rings. The highest BCUT2D eigenvalue weighted by Gasteiger charge is 2.16. The molecule has 1 saturated heterocycles. The lowest BCUT2D eigenvalue weighted by atomic mass is 10.5. The molecule has 1 atom stereocenters. The van der Waals surface area contributed by atoms with Gasteiger partial charge in [0.2, 0.25) is 0 Å². The molecule has 0 aromatic heterocycles. The Bertz CT molecular complexity index is 177. The quantitative estimate of drug-likeness (QED) is 0.644. The summed E-state index contributed by atoms with van der Waals surface area (Å²) < 4.78 is 14.9. The van der Waals surface area contributed by atoms with E-state index in [0.29, 0.717) is 19.8 Å². The molecule has 0 spiro atoms. The second-order valence-electron chi connectivity index (χ2n) is 2.47. The molecule has 1 aliphatic heterocycles. The largest absolute Gasteiger partial charge is 0.445 e. The summed E-state index contributed by atoms with van der Waals surface area (Å²) in [6, 6.07) is 0. The fraction of sp³-hybridized carbons (Fsp3) is 0.625. The highest BCUT2D eigenvalue weighted by Crippen LogP contribution is 1.97. The predicted molar refractivity (Wildman–Crippen MR) is 45.2 cm³/mol. The maximum Gasteiger partial charge on any atom is 0.409 e. The number of amides is 1. The van der Waals surface area contributed by atoms with Crippen LogP contribution in [0, 0.1) is 0 Å². The molecule has 1 rings (SSSR count). The van der Waals surface area contributed by atoms with Crippen LogP contribution in [0.2, 0.25) is 0 Å². The third-order valence-corrected chi connectivity index (χ3v) is 1.43. The number of alkyl carbamates (subject to hydrolysis) is 1. The summed E-state index contributed by atoms with van der Waals surface area (Å²) in [4.78, 5) is 11.0. The minimum absolute atomic E-state index is 0.194. The topological polar surface area (TPSA) is 56.8 Å². The first-order chi connectivity index (χ1) is 6.33. The van der Waals surface area contributed by atoms with Crippen molar-refractivity contribution in [1.82, 2.24) is 5.32 Å². The van der Waals surface area contributed by atoms with E-state index in [1.807, 2.05) is 0 Å². The van der Waals surface area contributed by atoms with Gasteiger partial charge in [0.25, 0.3) is 0 Å². The Morgan fingerprint density at radius 1 is 1.69 bits per heavy atom.